The maximum Gasteiger partial charge on any atom is 0.234 e. The highest BCUT2D eigenvalue weighted by Gasteiger charge is 2.22. The lowest BCUT2D eigenvalue weighted by Gasteiger charge is -2.05. The first-order valence-electron chi connectivity index (χ1n) is 6.58. The van der Waals surface area contributed by atoms with Gasteiger partial charge in [0.1, 0.15) is 5.82 Å². The molecule has 1 heterocycles. The van der Waals surface area contributed by atoms with Crippen molar-refractivity contribution in [2.45, 2.75) is 23.2 Å². The SMILES string of the molecule is O=C(CSc1nnc(NC2CC2)s1)Nc1ccc(Cl)cc1F. The lowest BCUT2D eigenvalue weighted by atomic mass is 10.3. The molecule has 0 radical (unpaired) electrons. The fourth-order valence-electron chi connectivity index (χ4n) is 1.63. The number of aromatic nitrogens is 2. The standard InChI is InChI=1S/C13H12ClFN4OS2/c14-7-1-4-10(9(15)5-7)17-11(20)6-21-13-19-18-12(22-13)16-8-2-3-8/h1,4-5,8H,2-3,6H2,(H,16,18)(H,17,20). The third-order valence-corrected chi connectivity index (χ3v) is 5.07. The van der Waals surface area contributed by atoms with Crippen LogP contribution in [0.5, 0.6) is 0 Å². The van der Waals surface area contributed by atoms with E-state index >= 15 is 0 Å². The summed E-state index contributed by atoms with van der Waals surface area (Å²) in [7, 11) is 0. The molecule has 9 heteroatoms. The number of nitrogens with one attached hydrogen (secondary N) is 2. The zero-order chi connectivity index (χ0) is 15.5. The Bertz CT molecular complexity index is 692. The molecular weight excluding hydrogens is 347 g/mol. The van der Waals surface area contributed by atoms with Crippen LogP contribution in [0.4, 0.5) is 15.2 Å². The largest absolute Gasteiger partial charge is 0.357 e. The van der Waals surface area contributed by atoms with Gasteiger partial charge in [-0.15, -0.1) is 10.2 Å². The van der Waals surface area contributed by atoms with E-state index in [1.807, 2.05) is 0 Å². The second kappa shape index (κ2) is 6.80. The average Bonchev–Trinajstić information content (AvgIpc) is 3.17. The number of hydrogen-bond donors (Lipinski definition) is 2. The number of carbonyl (C=O) groups is 1. The van der Waals surface area contributed by atoms with Gasteiger partial charge in [0, 0.05) is 11.1 Å². The van der Waals surface area contributed by atoms with Crippen molar-refractivity contribution in [3.63, 3.8) is 0 Å². The molecule has 3 rings (SSSR count). The molecule has 0 bridgehead atoms. The highest BCUT2D eigenvalue weighted by molar-refractivity contribution is 8.01. The first kappa shape index (κ1) is 15.5. The van der Waals surface area contributed by atoms with Crippen LogP contribution in [0.2, 0.25) is 5.02 Å². The fraction of sp³-hybridized carbons (Fsp3) is 0.308. The first-order chi connectivity index (χ1) is 10.6. The Kier molecular flexibility index (Phi) is 4.80. The maximum absolute atomic E-state index is 13.6. The monoisotopic (exact) mass is 358 g/mol. The molecular formula is C13H12ClFN4OS2. The van der Waals surface area contributed by atoms with Crippen molar-refractivity contribution in [3.05, 3.63) is 29.0 Å². The molecule has 22 heavy (non-hydrogen) atoms. The topological polar surface area (TPSA) is 66.9 Å². The van der Waals surface area contributed by atoms with Gasteiger partial charge in [-0.05, 0) is 31.0 Å². The van der Waals surface area contributed by atoms with Gasteiger partial charge < -0.3 is 10.6 Å². The number of halogens is 2. The molecule has 0 spiro atoms. The molecule has 1 aliphatic rings. The Hall–Kier alpha value is -1.38. The van der Waals surface area contributed by atoms with Crippen LogP contribution in [-0.4, -0.2) is 27.9 Å². The van der Waals surface area contributed by atoms with Gasteiger partial charge in [-0.1, -0.05) is 34.7 Å². The summed E-state index contributed by atoms with van der Waals surface area (Å²) < 4.78 is 14.3. The van der Waals surface area contributed by atoms with E-state index in [-0.39, 0.29) is 22.4 Å². The molecule has 5 nitrogen and oxygen atoms in total. The third-order valence-electron chi connectivity index (χ3n) is 2.84. The van der Waals surface area contributed by atoms with E-state index in [4.69, 9.17) is 11.6 Å². The quantitative estimate of drug-likeness (QED) is 0.772. The second-order valence-corrected chi connectivity index (χ2v) is 7.39. The van der Waals surface area contributed by atoms with Crippen molar-refractivity contribution in [2.24, 2.45) is 0 Å². The van der Waals surface area contributed by atoms with E-state index < -0.39 is 5.82 Å². The predicted octanol–water partition coefficient (Wildman–Crippen LogP) is 3.64. The van der Waals surface area contributed by atoms with E-state index in [0.717, 1.165) is 24.0 Å². The average molecular weight is 359 g/mol. The Morgan fingerprint density at radius 2 is 2.27 bits per heavy atom. The number of benzene rings is 1. The molecule has 1 saturated carbocycles. The van der Waals surface area contributed by atoms with Crippen molar-refractivity contribution in [3.8, 4) is 0 Å². The minimum absolute atomic E-state index is 0.114. The van der Waals surface area contributed by atoms with Crippen LogP contribution in [0.25, 0.3) is 0 Å². The third kappa shape index (κ3) is 4.31. The number of nitrogens with zero attached hydrogens (tertiary/aromatic N) is 2. The number of anilines is 2. The van der Waals surface area contributed by atoms with Gasteiger partial charge in [0.25, 0.3) is 0 Å². The van der Waals surface area contributed by atoms with Gasteiger partial charge in [0.15, 0.2) is 4.34 Å². The zero-order valence-electron chi connectivity index (χ0n) is 11.3. The molecule has 0 atom stereocenters. The van der Waals surface area contributed by atoms with E-state index in [1.54, 1.807) is 0 Å². The van der Waals surface area contributed by atoms with Crippen molar-refractivity contribution in [1.29, 1.82) is 0 Å². The van der Waals surface area contributed by atoms with Crippen LogP contribution in [0.15, 0.2) is 22.5 Å². The van der Waals surface area contributed by atoms with Crippen molar-refractivity contribution in [2.75, 3.05) is 16.4 Å². The van der Waals surface area contributed by atoms with Crippen molar-refractivity contribution in [1.82, 2.24) is 10.2 Å². The molecule has 0 unspecified atom stereocenters. The minimum atomic E-state index is -0.558. The molecule has 0 saturated heterocycles. The van der Waals surface area contributed by atoms with E-state index in [2.05, 4.69) is 20.8 Å². The smallest absolute Gasteiger partial charge is 0.234 e. The summed E-state index contributed by atoms with van der Waals surface area (Å²) in [4.78, 5) is 11.8. The molecule has 2 aromatic rings. The minimum Gasteiger partial charge on any atom is -0.357 e. The molecule has 116 valence electrons. The number of carbonyl (C=O) groups excluding carboxylic acids is 1. The van der Waals surface area contributed by atoms with E-state index in [1.165, 1.54) is 35.2 Å². The molecule has 1 aromatic heterocycles. The normalized spacial score (nSPS) is 13.9. The van der Waals surface area contributed by atoms with Gasteiger partial charge in [0.05, 0.1) is 11.4 Å². The molecule has 1 amide bonds. The Morgan fingerprint density at radius 1 is 1.45 bits per heavy atom. The van der Waals surface area contributed by atoms with Crippen molar-refractivity contribution < 1.29 is 9.18 Å². The molecule has 2 N–H and O–H groups in total. The van der Waals surface area contributed by atoms with Crippen LogP contribution in [-0.2, 0) is 4.79 Å². The van der Waals surface area contributed by atoms with Gasteiger partial charge in [-0.2, -0.15) is 0 Å². The van der Waals surface area contributed by atoms with Crippen LogP contribution in [0.1, 0.15) is 12.8 Å². The lowest BCUT2D eigenvalue weighted by molar-refractivity contribution is -0.113. The number of hydrogen-bond acceptors (Lipinski definition) is 6. The first-order valence-corrected chi connectivity index (χ1v) is 8.76. The highest BCUT2D eigenvalue weighted by Crippen LogP contribution is 2.30. The molecule has 1 aliphatic carbocycles. The maximum atomic E-state index is 13.6. The Balaban J connectivity index is 1.50. The number of thioether (sulfide) groups is 1. The molecule has 0 aliphatic heterocycles. The summed E-state index contributed by atoms with van der Waals surface area (Å²) in [6.07, 6.45) is 2.33. The molecule has 1 aromatic carbocycles. The predicted molar refractivity (Wildman–Crippen MR) is 87.3 cm³/mol. The van der Waals surface area contributed by atoms with Crippen molar-refractivity contribution >= 4 is 51.4 Å². The van der Waals surface area contributed by atoms with E-state index in [0.29, 0.717) is 10.4 Å². The molecule has 1 fully saturated rings. The summed E-state index contributed by atoms with van der Waals surface area (Å²) in [5.41, 5.74) is 0.114. The number of rotatable bonds is 6. The van der Waals surface area contributed by atoms with Crippen LogP contribution < -0.4 is 10.6 Å². The highest BCUT2D eigenvalue weighted by atomic mass is 35.5. The van der Waals surface area contributed by atoms with Gasteiger partial charge >= 0.3 is 0 Å². The summed E-state index contributed by atoms with van der Waals surface area (Å²) in [5.74, 6) is -0.726. The van der Waals surface area contributed by atoms with Crippen LogP contribution in [0.3, 0.4) is 0 Å². The summed E-state index contributed by atoms with van der Waals surface area (Å²) in [6, 6.07) is 4.63. The fourth-order valence-corrected chi connectivity index (χ4v) is 3.42. The summed E-state index contributed by atoms with van der Waals surface area (Å²) in [6.45, 7) is 0. The van der Waals surface area contributed by atoms with Crippen LogP contribution >= 0.6 is 34.7 Å². The second-order valence-electron chi connectivity index (χ2n) is 4.75. The Labute approximate surface area is 139 Å². The van der Waals surface area contributed by atoms with Crippen LogP contribution in [0, 0.1) is 5.82 Å². The van der Waals surface area contributed by atoms with Gasteiger partial charge in [-0.3, -0.25) is 4.79 Å². The van der Waals surface area contributed by atoms with Gasteiger partial charge in [0.2, 0.25) is 11.0 Å². The lowest BCUT2D eigenvalue weighted by Crippen LogP contribution is -2.14. The summed E-state index contributed by atoms with van der Waals surface area (Å²) in [5, 5.41) is 14.8. The Morgan fingerprint density at radius 3 is 3.00 bits per heavy atom. The number of amides is 1. The van der Waals surface area contributed by atoms with E-state index in [9.17, 15) is 9.18 Å². The zero-order valence-corrected chi connectivity index (χ0v) is 13.7. The summed E-state index contributed by atoms with van der Waals surface area (Å²) >= 11 is 8.34. The van der Waals surface area contributed by atoms with Gasteiger partial charge in [-0.25, -0.2) is 4.39 Å².